The van der Waals surface area contributed by atoms with Gasteiger partial charge in [-0.05, 0) is 11.6 Å². The van der Waals surface area contributed by atoms with Crippen molar-refractivity contribution in [2.45, 2.75) is 0 Å². The normalized spacial score (nSPS) is 10.6. The molecule has 1 nitrogen and oxygen atoms in total. The Hall–Kier alpha value is 0.671. The van der Waals surface area contributed by atoms with Crippen molar-refractivity contribution in [2.24, 2.45) is 0 Å². The number of rotatable bonds is 2. The second kappa shape index (κ2) is 5.67. The molecule has 0 aliphatic carbocycles. The van der Waals surface area contributed by atoms with E-state index in [9.17, 15) is 17.7 Å². The molecule has 0 bridgehead atoms. The molecule has 0 aliphatic rings. The Morgan fingerprint density at radius 2 is 1.86 bits per heavy atom. The second-order valence-electron chi connectivity index (χ2n) is 2.44. The molecular weight excluding hydrogens is 242 g/mol. The number of benzene rings is 1. The predicted octanol–water partition coefficient (Wildman–Crippen LogP) is -0.789. The monoisotopic (exact) mass is 246 g/mol. The topological polar surface area (TPSA) is 17.1 Å². The fourth-order valence-corrected chi connectivity index (χ4v) is 1.31. The van der Waals surface area contributed by atoms with Crippen LogP contribution in [-0.2, 0) is 0 Å². The molecule has 0 aliphatic heterocycles. The third kappa shape index (κ3) is 3.36. The fraction of sp³-hybridized carbons (Fsp3) is 0. The molecule has 0 radical (unpaired) electrons. The molecule has 70 valence electrons. The third-order valence-electron chi connectivity index (χ3n) is 1.54. The molecular formula is C7H4BClF3KO. The van der Waals surface area contributed by atoms with Crippen LogP contribution < -0.4 is 56.8 Å². The van der Waals surface area contributed by atoms with Gasteiger partial charge in [-0.25, -0.2) is 0 Å². The van der Waals surface area contributed by atoms with Crippen LogP contribution in [0.25, 0.3) is 0 Å². The predicted molar refractivity (Wildman–Crippen MR) is 45.6 cm³/mol. The van der Waals surface area contributed by atoms with E-state index >= 15 is 0 Å². The minimum atomic E-state index is -5.23. The summed E-state index contributed by atoms with van der Waals surface area (Å²) in [5, 5.41) is -0.433. The zero-order valence-electron chi connectivity index (χ0n) is 7.31. The van der Waals surface area contributed by atoms with Gasteiger partial charge in [-0.15, -0.1) is 0 Å². The van der Waals surface area contributed by atoms with Gasteiger partial charge in [0, 0.05) is 5.02 Å². The molecule has 0 heterocycles. The summed E-state index contributed by atoms with van der Waals surface area (Å²) in [6, 6.07) is 3.50. The van der Waals surface area contributed by atoms with Gasteiger partial charge < -0.3 is 12.9 Å². The molecule has 1 aromatic rings. The first-order chi connectivity index (χ1) is 5.96. The van der Waals surface area contributed by atoms with Crippen molar-refractivity contribution >= 4 is 30.3 Å². The van der Waals surface area contributed by atoms with Crippen LogP contribution in [0.1, 0.15) is 10.4 Å². The van der Waals surface area contributed by atoms with Gasteiger partial charge in [-0.2, -0.15) is 0 Å². The molecule has 0 saturated carbocycles. The van der Waals surface area contributed by atoms with Crippen molar-refractivity contribution in [1.29, 1.82) is 0 Å². The van der Waals surface area contributed by atoms with Crippen LogP contribution in [0.4, 0.5) is 12.9 Å². The van der Waals surface area contributed by atoms with Crippen LogP contribution in [0.5, 0.6) is 0 Å². The first-order valence-electron chi connectivity index (χ1n) is 3.40. The summed E-state index contributed by atoms with van der Waals surface area (Å²) in [7, 11) is 0. The van der Waals surface area contributed by atoms with E-state index in [4.69, 9.17) is 11.6 Å². The Bertz CT molecular complexity index is 342. The Morgan fingerprint density at radius 1 is 1.29 bits per heavy atom. The van der Waals surface area contributed by atoms with Crippen molar-refractivity contribution in [1.82, 2.24) is 0 Å². The van der Waals surface area contributed by atoms with Gasteiger partial charge in [0.1, 0.15) is 6.29 Å². The molecule has 7 heteroatoms. The average molecular weight is 246 g/mol. The number of carbonyl (C=O) groups is 1. The zero-order chi connectivity index (χ0) is 10.1. The first-order valence-corrected chi connectivity index (χ1v) is 3.78. The van der Waals surface area contributed by atoms with Crippen LogP contribution in [0.3, 0.4) is 0 Å². The minimum absolute atomic E-state index is 0. The summed E-state index contributed by atoms with van der Waals surface area (Å²) in [5.41, 5.74) is -1.43. The average Bonchev–Trinajstić information content (AvgIpc) is 2.01. The van der Waals surface area contributed by atoms with Gasteiger partial charge in [0.05, 0.1) is 0 Å². The zero-order valence-corrected chi connectivity index (χ0v) is 11.2. The van der Waals surface area contributed by atoms with Crippen molar-refractivity contribution < 1.29 is 69.1 Å². The van der Waals surface area contributed by atoms with Crippen LogP contribution >= 0.6 is 11.6 Å². The van der Waals surface area contributed by atoms with E-state index < -0.39 is 23.0 Å². The van der Waals surface area contributed by atoms with Crippen LogP contribution in [0.2, 0.25) is 5.02 Å². The van der Waals surface area contributed by atoms with Gasteiger partial charge >= 0.3 is 58.4 Å². The molecule has 0 aromatic heterocycles. The second-order valence-corrected chi connectivity index (χ2v) is 2.84. The van der Waals surface area contributed by atoms with Crippen molar-refractivity contribution in [2.75, 3.05) is 0 Å². The number of halogens is 4. The summed E-state index contributed by atoms with van der Waals surface area (Å²) in [4.78, 5) is 10.3. The smallest absolute Gasteiger partial charge is 0.445 e. The number of hydrogen-bond donors (Lipinski definition) is 0. The molecule has 1 rings (SSSR count). The van der Waals surface area contributed by atoms with Crippen molar-refractivity contribution in [3.05, 3.63) is 28.8 Å². The third-order valence-corrected chi connectivity index (χ3v) is 1.87. The molecule has 0 unspecified atom stereocenters. The Kier molecular flexibility index (Phi) is 5.94. The van der Waals surface area contributed by atoms with Crippen molar-refractivity contribution in [3.8, 4) is 0 Å². The molecule has 0 fully saturated rings. The van der Waals surface area contributed by atoms with Crippen LogP contribution in [0.15, 0.2) is 18.2 Å². The van der Waals surface area contributed by atoms with E-state index in [1.54, 1.807) is 0 Å². The standard InChI is InChI=1S/C7H4BClF3O.K/c9-6-3-1-2-5(4-13)7(6)8(10,11)12;/h1-4H;/q-1;+1. The van der Waals surface area contributed by atoms with Gasteiger partial charge in [0.2, 0.25) is 0 Å². The summed E-state index contributed by atoms with van der Waals surface area (Å²) in [5.74, 6) is 0. The SMILES string of the molecule is O=Cc1cccc(Cl)c1[B-](F)(F)F.[K+]. The largest absolute Gasteiger partial charge is 1.00 e. The molecule has 1 aromatic carbocycles. The maximum atomic E-state index is 12.3. The van der Waals surface area contributed by atoms with Gasteiger partial charge in [0.25, 0.3) is 0 Å². The molecule has 0 spiro atoms. The van der Waals surface area contributed by atoms with E-state index in [1.165, 1.54) is 6.07 Å². The van der Waals surface area contributed by atoms with Crippen LogP contribution in [0, 0.1) is 0 Å². The molecule has 0 amide bonds. The maximum Gasteiger partial charge on any atom is 1.00 e. The quantitative estimate of drug-likeness (QED) is 0.494. The van der Waals surface area contributed by atoms with E-state index in [1.807, 2.05) is 0 Å². The molecule has 0 saturated heterocycles. The summed E-state index contributed by atoms with van der Waals surface area (Å²) >= 11 is 5.33. The van der Waals surface area contributed by atoms with Gasteiger partial charge in [-0.3, -0.25) is 4.79 Å². The molecule has 0 atom stereocenters. The first kappa shape index (κ1) is 14.7. The minimum Gasteiger partial charge on any atom is -0.445 e. The molecule has 14 heavy (non-hydrogen) atoms. The number of carbonyl (C=O) groups excluding carboxylic acids is 1. The summed E-state index contributed by atoms with van der Waals surface area (Å²) in [6.45, 7) is -5.23. The van der Waals surface area contributed by atoms with E-state index in [0.717, 1.165) is 12.1 Å². The van der Waals surface area contributed by atoms with E-state index in [2.05, 4.69) is 0 Å². The summed E-state index contributed by atoms with van der Waals surface area (Å²) in [6.07, 6.45) is 0.149. The van der Waals surface area contributed by atoms with E-state index in [0.29, 0.717) is 0 Å². The summed E-state index contributed by atoms with van der Waals surface area (Å²) < 4.78 is 36.9. The maximum absolute atomic E-state index is 12.3. The fourth-order valence-electron chi connectivity index (χ4n) is 1.00. The van der Waals surface area contributed by atoms with E-state index in [-0.39, 0.29) is 57.7 Å². The molecule has 0 N–H and O–H groups in total. The Morgan fingerprint density at radius 3 is 2.21 bits per heavy atom. The van der Waals surface area contributed by atoms with Crippen LogP contribution in [-0.4, -0.2) is 13.3 Å². The van der Waals surface area contributed by atoms with Gasteiger partial charge in [0.15, 0.2) is 0 Å². The Labute approximate surface area is 126 Å². The Balaban J connectivity index is 0.00000169. The van der Waals surface area contributed by atoms with Crippen molar-refractivity contribution in [3.63, 3.8) is 0 Å². The number of aldehydes is 1. The number of hydrogen-bond acceptors (Lipinski definition) is 1. The van der Waals surface area contributed by atoms with Gasteiger partial charge in [-0.1, -0.05) is 29.2 Å².